The Morgan fingerprint density at radius 1 is 0.923 bits per heavy atom. The predicted octanol–water partition coefficient (Wildman–Crippen LogP) is 8.45. The highest BCUT2D eigenvalue weighted by Gasteiger charge is 2.51. The molecule has 3 aromatic rings. The molecule has 1 aromatic heterocycles. The van der Waals surface area contributed by atoms with Gasteiger partial charge in [0.2, 0.25) is 0 Å². The Kier molecular flexibility index (Phi) is 6.09. The second kappa shape index (κ2) is 9.42. The molecule has 4 aliphatic carbocycles. The number of halogens is 1. The minimum Gasteiger partial charge on any atom is -0.318 e. The number of aromatic nitrogens is 1. The molecule has 1 saturated heterocycles. The number of hydrogen-bond acceptors (Lipinski definition) is 3. The van der Waals surface area contributed by atoms with E-state index < -0.39 is 0 Å². The molecule has 0 unspecified atom stereocenters. The fraction of sp³-hybridized carbons (Fsp3) is 0.394. The van der Waals surface area contributed by atoms with E-state index in [1.54, 1.807) is 12.1 Å². The van der Waals surface area contributed by atoms with Gasteiger partial charge in [0, 0.05) is 22.1 Å². The van der Waals surface area contributed by atoms with Crippen molar-refractivity contribution in [3.05, 3.63) is 92.6 Å². The molecular weight excluding hydrogens is 524 g/mol. The number of carbonyl (C=O) groups excluding carboxylic acids is 2. The monoisotopic (exact) mass is 556 g/mol. The average molecular weight is 557 g/mol. The molecule has 5 fully saturated rings. The van der Waals surface area contributed by atoms with E-state index >= 15 is 0 Å². The number of amides is 2. The lowest BCUT2D eigenvalue weighted by Crippen LogP contribution is -2.48. The van der Waals surface area contributed by atoms with Gasteiger partial charge in [-0.1, -0.05) is 35.9 Å². The lowest BCUT2D eigenvalue weighted by atomic mass is 9.48. The van der Waals surface area contributed by atoms with Gasteiger partial charge in [0.05, 0.1) is 11.4 Å². The van der Waals surface area contributed by atoms with Gasteiger partial charge in [0.15, 0.2) is 0 Å². The zero-order chi connectivity index (χ0) is 26.9. The van der Waals surface area contributed by atoms with Crippen LogP contribution in [0.2, 0.25) is 5.02 Å². The summed E-state index contributed by atoms with van der Waals surface area (Å²) in [5.41, 5.74) is 7.10. The van der Waals surface area contributed by atoms with Gasteiger partial charge < -0.3 is 4.57 Å². The standard InChI is InChI=1S/C33H33ClN2O2S/c1-20-11-26(15-30-31(37)35(32(38)39-30)19-22-3-7-28(34)8-4-22)21(2)36(20)29-9-5-27(6-10-29)33-16-23-12-24(17-33)14-25(13-23)18-33/h3-11,15,23-25H,12-14,16-19H2,1-2H3/b30-15+. The molecule has 2 aromatic carbocycles. The summed E-state index contributed by atoms with van der Waals surface area (Å²) < 4.78 is 2.26. The number of rotatable bonds is 5. The van der Waals surface area contributed by atoms with Crippen LogP contribution in [0.4, 0.5) is 4.79 Å². The molecular formula is C33H33ClN2O2S. The number of benzene rings is 2. The number of carbonyl (C=O) groups is 2. The van der Waals surface area contributed by atoms with Crippen LogP contribution in [-0.2, 0) is 16.8 Å². The zero-order valence-electron chi connectivity index (χ0n) is 22.5. The number of nitrogens with zero attached hydrogens (tertiary/aromatic N) is 2. The molecule has 2 heterocycles. The lowest BCUT2D eigenvalue weighted by Gasteiger charge is -2.57. The molecule has 8 rings (SSSR count). The van der Waals surface area contributed by atoms with Gasteiger partial charge >= 0.3 is 0 Å². The Morgan fingerprint density at radius 3 is 2.15 bits per heavy atom. The van der Waals surface area contributed by atoms with E-state index in [0.717, 1.165) is 57.7 Å². The molecule has 4 nitrogen and oxygen atoms in total. The summed E-state index contributed by atoms with van der Waals surface area (Å²) in [7, 11) is 0. The summed E-state index contributed by atoms with van der Waals surface area (Å²) in [6.45, 7) is 4.43. The molecule has 4 saturated carbocycles. The van der Waals surface area contributed by atoms with E-state index in [1.807, 2.05) is 18.2 Å². The first-order valence-corrected chi connectivity index (χ1v) is 15.3. The van der Waals surface area contributed by atoms with E-state index in [9.17, 15) is 9.59 Å². The van der Waals surface area contributed by atoms with Crippen molar-refractivity contribution in [3.63, 3.8) is 0 Å². The second-order valence-electron chi connectivity index (χ2n) is 12.3. The first-order valence-electron chi connectivity index (χ1n) is 14.1. The second-order valence-corrected chi connectivity index (χ2v) is 13.7. The Hall–Kier alpha value is -2.76. The predicted molar refractivity (Wildman–Crippen MR) is 158 cm³/mol. The molecule has 0 spiro atoms. The lowest BCUT2D eigenvalue weighted by molar-refractivity contribution is -0.123. The van der Waals surface area contributed by atoms with Gasteiger partial charge in [0.25, 0.3) is 11.1 Å². The average Bonchev–Trinajstić information content (AvgIpc) is 3.33. The van der Waals surface area contributed by atoms with E-state index in [-0.39, 0.29) is 17.7 Å². The maximum atomic E-state index is 13.1. The molecule has 5 aliphatic rings. The quantitative estimate of drug-likeness (QED) is 0.296. The van der Waals surface area contributed by atoms with Crippen molar-refractivity contribution in [3.8, 4) is 5.69 Å². The first kappa shape index (κ1) is 25.2. The summed E-state index contributed by atoms with van der Waals surface area (Å²) in [6.07, 6.45) is 10.4. The minimum absolute atomic E-state index is 0.240. The maximum Gasteiger partial charge on any atom is 0.293 e. The van der Waals surface area contributed by atoms with Crippen LogP contribution >= 0.6 is 23.4 Å². The van der Waals surface area contributed by atoms with Gasteiger partial charge in [-0.25, -0.2) is 0 Å². The van der Waals surface area contributed by atoms with Crippen LogP contribution in [0.25, 0.3) is 11.8 Å². The molecule has 39 heavy (non-hydrogen) atoms. The SMILES string of the molecule is Cc1cc(/C=C2/SC(=O)N(Cc3ccc(Cl)cc3)C2=O)c(C)n1-c1ccc(C23CC4CC(CC(C4)C2)C3)cc1. The van der Waals surface area contributed by atoms with Gasteiger partial charge in [0.1, 0.15) is 0 Å². The smallest absolute Gasteiger partial charge is 0.293 e. The third-order valence-corrected chi connectivity index (χ3v) is 10.8. The number of hydrogen-bond donors (Lipinski definition) is 0. The van der Waals surface area contributed by atoms with Crippen LogP contribution in [0.15, 0.2) is 59.5 Å². The fourth-order valence-corrected chi connectivity index (χ4v) is 9.26. The Balaban J connectivity index is 1.13. The largest absolute Gasteiger partial charge is 0.318 e. The molecule has 6 heteroatoms. The van der Waals surface area contributed by atoms with Crippen molar-refractivity contribution < 1.29 is 9.59 Å². The van der Waals surface area contributed by atoms with E-state index in [0.29, 0.717) is 15.3 Å². The van der Waals surface area contributed by atoms with Crippen LogP contribution in [0.1, 0.15) is 66.6 Å². The van der Waals surface area contributed by atoms with Crippen molar-refractivity contribution in [2.75, 3.05) is 0 Å². The number of aryl methyl sites for hydroxylation is 1. The highest BCUT2D eigenvalue weighted by atomic mass is 35.5. The molecule has 2 amide bonds. The van der Waals surface area contributed by atoms with Crippen LogP contribution in [0, 0.1) is 31.6 Å². The Labute approximate surface area is 239 Å². The van der Waals surface area contributed by atoms with Crippen LogP contribution in [0.5, 0.6) is 0 Å². The number of imide groups is 1. The summed E-state index contributed by atoms with van der Waals surface area (Å²) in [5, 5.41) is 0.390. The van der Waals surface area contributed by atoms with Gasteiger partial charge in [-0.15, -0.1) is 0 Å². The zero-order valence-corrected chi connectivity index (χ0v) is 24.0. The summed E-state index contributed by atoms with van der Waals surface area (Å²) in [4.78, 5) is 27.6. The molecule has 200 valence electrons. The Bertz CT molecular complexity index is 1470. The van der Waals surface area contributed by atoms with Crippen molar-refractivity contribution in [2.45, 2.75) is 64.3 Å². The van der Waals surface area contributed by atoms with Crippen molar-refractivity contribution in [1.82, 2.24) is 9.47 Å². The summed E-state index contributed by atoms with van der Waals surface area (Å²) in [5.74, 6) is 2.56. The van der Waals surface area contributed by atoms with Gasteiger partial charge in [-0.2, -0.15) is 0 Å². The molecule has 0 atom stereocenters. The Morgan fingerprint density at radius 2 is 1.54 bits per heavy atom. The van der Waals surface area contributed by atoms with Crippen molar-refractivity contribution in [1.29, 1.82) is 0 Å². The van der Waals surface area contributed by atoms with Crippen LogP contribution in [-0.4, -0.2) is 20.6 Å². The highest BCUT2D eigenvalue weighted by molar-refractivity contribution is 8.18. The molecule has 0 radical (unpaired) electrons. The molecule has 0 N–H and O–H groups in total. The third-order valence-electron chi connectivity index (χ3n) is 9.66. The van der Waals surface area contributed by atoms with Crippen LogP contribution in [0.3, 0.4) is 0 Å². The number of thioether (sulfide) groups is 1. The molecule has 1 aliphatic heterocycles. The van der Waals surface area contributed by atoms with E-state index in [2.05, 4.69) is 48.7 Å². The van der Waals surface area contributed by atoms with Gasteiger partial charge in [-0.3, -0.25) is 14.5 Å². The third kappa shape index (κ3) is 4.38. The van der Waals surface area contributed by atoms with E-state index in [1.165, 1.54) is 49.0 Å². The normalized spacial score (nSPS) is 28.7. The van der Waals surface area contributed by atoms with Crippen molar-refractivity contribution in [2.24, 2.45) is 17.8 Å². The van der Waals surface area contributed by atoms with E-state index in [4.69, 9.17) is 11.6 Å². The van der Waals surface area contributed by atoms with Crippen LogP contribution < -0.4 is 0 Å². The first-order chi connectivity index (χ1) is 18.8. The fourth-order valence-electron chi connectivity index (χ4n) is 8.31. The highest BCUT2D eigenvalue weighted by Crippen LogP contribution is 2.60. The van der Waals surface area contributed by atoms with Crippen molar-refractivity contribution >= 4 is 40.6 Å². The maximum absolute atomic E-state index is 13.1. The molecule has 4 bridgehead atoms. The summed E-state index contributed by atoms with van der Waals surface area (Å²) in [6, 6.07) is 18.7. The minimum atomic E-state index is -0.246. The van der Waals surface area contributed by atoms with Gasteiger partial charge in [-0.05, 0) is 140 Å². The topological polar surface area (TPSA) is 42.3 Å². The summed E-state index contributed by atoms with van der Waals surface area (Å²) >= 11 is 6.99.